The lowest BCUT2D eigenvalue weighted by Crippen LogP contribution is -2.49. The number of nitrogens with one attached hydrogen (secondary N) is 2. The van der Waals surface area contributed by atoms with E-state index in [0.717, 1.165) is 24.8 Å². The van der Waals surface area contributed by atoms with Gasteiger partial charge in [0.1, 0.15) is 0 Å². The Hall–Kier alpha value is -2.72. The maximum Gasteiger partial charge on any atom is 0.407 e. The van der Waals surface area contributed by atoms with E-state index in [2.05, 4.69) is 15.4 Å². The number of alkyl carbamates (subject to hydrolysis) is 1. The van der Waals surface area contributed by atoms with Crippen LogP contribution in [0.15, 0.2) is 24.3 Å². The number of nitrogens with zero attached hydrogens (tertiary/aromatic N) is 2. The average molecular weight is 541 g/mol. The molecule has 37 heavy (non-hydrogen) atoms. The zero-order chi connectivity index (χ0) is 27.2. The molecule has 208 valence electrons. The number of hydrogen-bond acceptors (Lipinski definition) is 5. The second-order valence-electron chi connectivity index (χ2n) is 9.59. The summed E-state index contributed by atoms with van der Waals surface area (Å²) in [5.41, 5.74) is 0.873. The number of amides is 4. The van der Waals surface area contributed by atoms with E-state index in [9.17, 15) is 19.5 Å². The number of carbonyl (C=O) groups excluding carboxylic acids is 2. The van der Waals surface area contributed by atoms with Crippen molar-refractivity contribution < 1.29 is 29.0 Å². The summed E-state index contributed by atoms with van der Waals surface area (Å²) in [7, 11) is 4.53. The molecule has 0 radical (unpaired) electrons. The third-order valence-corrected chi connectivity index (χ3v) is 6.90. The van der Waals surface area contributed by atoms with Gasteiger partial charge in [-0.1, -0.05) is 55.8 Å². The van der Waals surface area contributed by atoms with Gasteiger partial charge < -0.3 is 35.0 Å². The first-order valence-corrected chi connectivity index (χ1v) is 13.2. The van der Waals surface area contributed by atoms with Gasteiger partial charge in [0.25, 0.3) is 0 Å². The Morgan fingerprint density at radius 3 is 2.54 bits per heavy atom. The van der Waals surface area contributed by atoms with Crippen molar-refractivity contribution in [1.82, 2.24) is 20.4 Å². The first-order valence-electron chi connectivity index (χ1n) is 12.8. The molecule has 1 saturated carbocycles. The molecular formula is C26H41ClN4O6. The summed E-state index contributed by atoms with van der Waals surface area (Å²) in [6.07, 6.45) is 5.20. The van der Waals surface area contributed by atoms with Gasteiger partial charge in [0.2, 0.25) is 0 Å². The SMILES string of the molecule is COC(=O)NCCO[C@H](CCN(C)C(=O)N[C@@H](CC1CCCCC1)CN(C)C(=O)O)c1cccc(Cl)c1. The van der Waals surface area contributed by atoms with Gasteiger partial charge in [0.15, 0.2) is 0 Å². The summed E-state index contributed by atoms with van der Waals surface area (Å²) in [5, 5.41) is 15.5. The molecule has 0 bridgehead atoms. The Kier molecular flexibility index (Phi) is 13.3. The number of hydrogen-bond donors (Lipinski definition) is 3. The fourth-order valence-electron chi connectivity index (χ4n) is 4.59. The molecule has 1 fully saturated rings. The van der Waals surface area contributed by atoms with E-state index in [1.54, 1.807) is 18.0 Å². The Bertz CT molecular complexity index is 867. The van der Waals surface area contributed by atoms with Crippen LogP contribution in [-0.4, -0.2) is 86.6 Å². The molecule has 1 aliphatic carbocycles. The van der Waals surface area contributed by atoms with Crippen molar-refractivity contribution in [2.75, 3.05) is 47.4 Å². The Labute approximate surface area is 224 Å². The highest BCUT2D eigenvalue weighted by Crippen LogP contribution is 2.28. The van der Waals surface area contributed by atoms with Gasteiger partial charge in [-0.3, -0.25) is 0 Å². The summed E-state index contributed by atoms with van der Waals surface area (Å²) in [4.78, 5) is 38.5. The monoisotopic (exact) mass is 540 g/mol. The van der Waals surface area contributed by atoms with E-state index in [-0.39, 0.29) is 37.9 Å². The maximum atomic E-state index is 13.0. The van der Waals surface area contributed by atoms with E-state index in [0.29, 0.717) is 23.9 Å². The van der Waals surface area contributed by atoms with Crippen LogP contribution in [0, 0.1) is 5.92 Å². The Balaban J connectivity index is 1.96. The lowest BCUT2D eigenvalue weighted by molar-refractivity contribution is 0.0438. The van der Waals surface area contributed by atoms with Crippen LogP contribution >= 0.6 is 11.6 Å². The van der Waals surface area contributed by atoms with Crippen molar-refractivity contribution in [3.8, 4) is 0 Å². The lowest BCUT2D eigenvalue weighted by Gasteiger charge is -2.31. The number of methoxy groups -OCH3 is 1. The van der Waals surface area contributed by atoms with Crippen molar-refractivity contribution in [2.45, 2.75) is 57.1 Å². The molecule has 0 saturated heterocycles. The molecule has 10 nitrogen and oxygen atoms in total. The number of carboxylic acid groups (broad SMARTS) is 1. The van der Waals surface area contributed by atoms with Crippen LogP contribution < -0.4 is 10.6 Å². The molecule has 1 aromatic rings. The zero-order valence-electron chi connectivity index (χ0n) is 22.1. The fourth-order valence-corrected chi connectivity index (χ4v) is 4.79. The predicted molar refractivity (Wildman–Crippen MR) is 142 cm³/mol. The van der Waals surface area contributed by atoms with Gasteiger partial charge in [0, 0.05) is 44.8 Å². The van der Waals surface area contributed by atoms with Gasteiger partial charge in [-0.25, -0.2) is 14.4 Å². The second kappa shape index (κ2) is 16.2. The van der Waals surface area contributed by atoms with Crippen LogP contribution in [0.5, 0.6) is 0 Å². The minimum absolute atomic E-state index is 0.243. The maximum absolute atomic E-state index is 13.0. The average Bonchev–Trinajstić information content (AvgIpc) is 2.88. The zero-order valence-corrected chi connectivity index (χ0v) is 22.8. The van der Waals surface area contributed by atoms with Gasteiger partial charge in [0.05, 0.1) is 19.8 Å². The molecule has 2 rings (SSSR count). The van der Waals surface area contributed by atoms with Crippen molar-refractivity contribution in [1.29, 1.82) is 0 Å². The number of ether oxygens (including phenoxy) is 2. The van der Waals surface area contributed by atoms with Crippen molar-refractivity contribution in [2.24, 2.45) is 5.92 Å². The number of benzene rings is 1. The van der Waals surface area contributed by atoms with Crippen LogP contribution in [0.4, 0.5) is 14.4 Å². The van der Waals surface area contributed by atoms with Gasteiger partial charge in [-0.15, -0.1) is 0 Å². The Morgan fingerprint density at radius 1 is 1.16 bits per heavy atom. The molecule has 0 unspecified atom stereocenters. The molecule has 4 amide bonds. The molecule has 3 N–H and O–H groups in total. The topological polar surface area (TPSA) is 120 Å². The van der Waals surface area contributed by atoms with E-state index >= 15 is 0 Å². The van der Waals surface area contributed by atoms with Crippen molar-refractivity contribution in [3.05, 3.63) is 34.9 Å². The highest BCUT2D eigenvalue weighted by molar-refractivity contribution is 6.30. The summed E-state index contributed by atoms with van der Waals surface area (Å²) < 4.78 is 10.6. The van der Waals surface area contributed by atoms with Crippen LogP contribution in [0.25, 0.3) is 0 Å². The first-order chi connectivity index (χ1) is 17.7. The van der Waals surface area contributed by atoms with Gasteiger partial charge in [-0.2, -0.15) is 0 Å². The predicted octanol–water partition coefficient (Wildman–Crippen LogP) is 4.73. The standard InChI is InChI=1S/C26H41ClN4O6/c1-30(24(32)29-22(18-31(2)26(34)35)16-19-8-5-4-6-9-19)14-12-23(20-10-7-11-21(27)17-20)37-15-13-28-25(33)36-3/h7,10-11,17,19,22-23H,4-6,8-9,12-16,18H2,1-3H3,(H,28,33)(H,29,32)(H,34,35)/t22-,23+/m0/s1. The highest BCUT2D eigenvalue weighted by atomic mass is 35.5. The van der Waals surface area contributed by atoms with Gasteiger partial charge >= 0.3 is 18.2 Å². The molecule has 0 aliphatic heterocycles. The molecule has 0 aromatic heterocycles. The van der Waals surface area contributed by atoms with Crippen LogP contribution in [0.3, 0.4) is 0 Å². The second-order valence-corrected chi connectivity index (χ2v) is 10.0. The number of urea groups is 1. The van der Waals surface area contributed by atoms with E-state index in [1.807, 2.05) is 18.2 Å². The minimum atomic E-state index is -1.01. The van der Waals surface area contributed by atoms with E-state index in [4.69, 9.17) is 16.3 Å². The first kappa shape index (κ1) is 30.5. The number of rotatable bonds is 13. The molecule has 0 spiro atoms. The fraction of sp³-hybridized carbons (Fsp3) is 0.654. The Morgan fingerprint density at radius 2 is 1.89 bits per heavy atom. The number of halogens is 1. The van der Waals surface area contributed by atoms with Crippen molar-refractivity contribution in [3.63, 3.8) is 0 Å². The quantitative estimate of drug-likeness (QED) is 0.311. The lowest BCUT2D eigenvalue weighted by atomic mass is 9.84. The number of carbonyl (C=O) groups is 3. The third kappa shape index (κ3) is 11.5. The molecular weight excluding hydrogens is 500 g/mol. The normalized spacial score (nSPS) is 15.4. The van der Waals surface area contributed by atoms with Crippen LogP contribution in [0.2, 0.25) is 5.02 Å². The molecule has 2 atom stereocenters. The van der Waals surface area contributed by atoms with E-state index in [1.165, 1.54) is 38.3 Å². The van der Waals surface area contributed by atoms with Crippen molar-refractivity contribution >= 4 is 29.8 Å². The summed E-state index contributed by atoms with van der Waals surface area (Å²) >= 11 is 6.18. The minimum Gasteiger partial charge on any atom is -0.465 e. The van der Waals surface area contributed by atoms with E-state index < -0.39 is 12.2 Å². The largest absolute Gasteiger partial charge is 0.465 e. The number of likely N-dealkylation sites (N-methyl/N-ethyl adjacent to an activating group) is 1. The molecule has 1 aliphatic rings. The summed E-state index contributed by atoms with van der Waals surface area (Å²) in [6.45, 7) is 1.18. The van der Waals surface area contributed by atoms with Crippen LogP contribution in [0.1, 0.15) is 56.6 Å². The summed E-state index contributed by atoms with van der Waals surface area (Å²) in [6, 6.07) is 6.83. The smallest absolute Gasteiger partial charge is 0.407 e. The summed E-state index contributed by atoms with van der Waals surface area (Å²) in [5.74, 6) is 0.491. The third-order valence-electron chi connectivity index (χ3n) is 6.66. The van der Waals surface area contributed by atoms with Gasteiger partial charge in [-0.05, 0) is 36.5 Å². The molecule has 1 aromatic carbocycles. The van der Waals surface area contributed by atoms with Crippen LogP contribution in [-0.2, 0) is 9.47 Å². The highest BCUT2D eigenvalue weighted by Gasteiger charge is 2.24. The molecule has 11 heteroatoms. The molecule has 0 heterocycles.